The van der Waals surface area contributed by atoms with Crippen LogP contribution in [-0.2, 0) is 9.59 Å². The Morgan fingerprint density at radius 1 is 1.75 bits per heavy atom. The summed E-state index contributed by atoms with van der Waals surface area (Å²) in [7, 11) is 2.35. The number of nitrogens with one attached hydrogen (secondary N) is 1. The molecule has 1 amide bonds. The molecule has 0 radical (unpaired) electrons. The zero-order valence-electron chi connectivity index (χ0n) is 9.26. The smallest absolute Gasteiger partial charge is 0.244 e. The molecule has 0 aromatic rings. The van der Waals surface area contributed by atoms with Crippen molar-refractivity contribution in [2.45, 2.75) is 30.8 Å². The van der Waals surface area contributed by atoms with E-state index in [0.717, 1.165) is 12.0 Å². The highest BCUT2D eigenvalue weighted by molar-refractivity contribution is 8.14. The molecule has 1 N–H and O–H groups in total. The third-order valence-corrected chi connectivity index (χ3v) is 5.95. The highest BCUT2D eigenvalue weighted by atomic mass is 32.2. The van der Waals surface area contributed by atoms with Crippen LogP contribution in [0.1, 0.15) is 13.3 Å². The lowest BCUT2D eigenvalue weighted by Crippen LogP contribution is -2.72. The van der Waals surface area contributed by atoms with Gasteiger partial charge in [-0.05, 0) is 18.6 Å². The lowest BCUT2D eigenvalue weighted by molar-refractivity contribution is -0.150. The molecule has 6 atom stereocenters. The second-order valence-corrected chi connectivity index (χ2v) is 6.61. The van der Waals surface area contributed by atoms with E-state index in [1.807, 2.05) is 11.8 Å². The number of carbonyl (C=O) groups is 2. The van der Waals surface area contributed by atoms with Crippen LogP contribution in [0, 0.1) is 5.92 Å². The lowest BCUT2D eigenvalue weighted by atomic mass is 9.93. The maximum atomic E-state index is 11.9. The van der Waals surface area contributed by atoms with E-state index in [-0.39, 0.29) is 39.8 Å². The van der Waals surface area contributed by atoms with Crippen molar-refractivity contribution in [2.75, 3.05) is 5.75 Å². The summed E-state index contributed by atoms with van der Waals surface area (Å²) in [4.78, 5) is 24.4. The average molecular weight is 260 g/mol. The molecule has 0 saturated carbocycles. The Bertz CT molecular complexity index is 350. The third kappa shape index (κ3) is 1.66. The molecule has 0 aliphatic carbocycles. The quantitative estimate of drug-likeness (QED) is 0.341. The van der Waals surface area contributed by atoms with Crippen LogP contribution in [0.15, 0.2) is 0 Å². The van der Waals surface area contributed by atoms with Crippen molar-refractivity contribution in [3.8, 4) is 0 Å². The van der Waals surface area contributed by atoms with Crippen molar-refractivity contribution >= 4 is 37.9 Å². The van der Waals surface area contributed by atoms with Crippen molar-refractivity contribution in [3.05, 3.63) is 0 Å². The Kier molecular flexibility index (Phi) is 3.48. The van der Waals surface area contributed by atoms with Crippen LogP contribution in [0.4, 0.5) is 0 Å². The van der Waals surface area contributed by atoms with E-state index in [4.69, 9.17) is 0 Å². The molecule has 90 valence electrons. The van der Waals surface area contributed by atoms with Gasteiger partial charge in [-0.3, -0.25) is 9.88 Å². The largest absolute Gasteiger partial charge is 0.325 e. The minimum absolute atomic E-state index is 0.0608. The highest BCUT2D eigenvalue weighted by Gasteiger charge is 2.53. The second kappa shape index (κ2) is 4.55. The van der Waals surface area contributed by atoms with Crippen LogP contribution in [0.25, 0.3) is 0 Å². The summed E-state index contributed by atoms with van der Waals surface area (Å²) in [5, 5.41) is 3.20. The Hall–Kier alpha value is -0.250. The maximum absolute atomic E-state index is 11.9. The van der Waals surface area contributed by atoms with E-state index in [1.54, 1.807) is 0 Å². The van der Waals surface area contributed by atoms with Gasteiger partial charge in [0.2, 0.25) is 5.91 Å². The van der Waals surface area contributed by atoms with Crippen molar-refractivity contribution in [2.24, 2.45) is 5.92 Å². The van der Waals surface area contributed by atoms with Crippen LogP contribution in [0.3, 0.4) is 0 Å². The van der Waals surface area contributed by atoms with E-state index >= 15 is 0 Å². The molecular weight excluding hydrogens is 243 g/mol. The van der Waals surface area contributed by atoms with Crippen molar-refractivity contribution in [3.63, 3.8) is 0 Å². The first-order chi connectivity index (χ1) is 7.61. The first-order valence-corrected chi connectivity index (χ1v) is 7.53. The van der Waals surface area contributed by atoms with Gasteiger partial charge in [0, 0.05) is 12.5 Å². The minimum Gasteiger partial charge on any atom is -0.325 e. The van der Waals surface area contributed by atoms with Gasteiger partial charge >= 0.3 is 0 Å². The fraction of sp³-hybridized carbons (Fsp3) is 0.700. The van der Waals surface area contributed by atoms with Gasteiger partial charge in [-0.2, -0.15) is 10.5 Å². The number of amides is 1. The number of β-lactam (4-membered cyclic amide) rings is 1. The van der Waals surface area contributed by atoms with Gasteiger partial charge in [-0.1, -0.05) is 15.3 Å². The topological polar surface area (TPSA) is 49.4 Å². The fourth-order valence-corrected chi connectivity index (χ4v) is 5.38. The summed E-state index contributed by atoms with van der Waals surface area (Å²) in [6.45, 7) is 2.04. The van der Waals surface area contributed by atoms with Gasteiger partial charge in [0.25, 0.3) is 0 Å². The van der Waals surface area contributed by atoms with Gasteiger partial charge in [-0.15, -0.1) is 0 Å². The number of carbonyl (C=O) groups excluding carboxylic acids is 2. The Morgan fingerprint density at radius 3 is 3.00 bits per heavy atom. The van der Waals surface area contributed by atoms with E-state index < -0.39 is 0 Å². The Morgan fingerprint density at radius 2 is 2.44 bits per heavy atom. The van der Waals surface area contributed by atoms with E-state index in [0.29, 0.717) is 6.42 Å². The second-order valence-electron chi connectivity index (χ2n) is 4.39. The molecule has 2 aliphatic rings. The molecule has 6 unspecified atom stereocenters. The number of aldehydes is 1. The molecule has 6 heteroatoms. The molecule has 0 aromatic heterocycles. The summed E-state index contributed by atoms with van der Waals surface area (Å²) in [5.41, 5.74) is 0. The molecule has 0 bridgehead atoms. The van der Waals surface area contributed by atoms with Crippen LogP contribution >= 0.6 is 19.9 Å². The average Bonchev–Trinajstić information content (AvgIpc) is 2.24. The Labute approximate surface area is 100 Å². The predicted molar refractivity (Wildman–Crippen MR) is 70.5 cm³/mol. The van der Waals surface area contributed by atoms with Gasteiger partial charge in [0.05, 0.1) is 5.37 Å². The van der Waals surface area contributed by atoms with Crippen LogP contribution in [-0.4, -0.2) is 46.2 Å². The Balaban J connectivity index is 2.17. The molecule has 4 nitrogen and oxygen atoms in total. The molecule has 0 aromatic carbocycles. The minimum atomic E-state index is -0.0922. The molecular formula is C10H17N2O2PS. The molecule has 16 heavy (non-hydrogen) atoms. The van der Waals surface area contributed by atoms with Gasteiger partial charge in [-0.25, -0.2) is 0 Å². The van der Waals surface area contributed by atoms with Gasteiger partial charge in [0.15, 0.2) is 0 Å². The summed E-state index contributed by atoms with van der Waals surface area (Å²) in [6, 6.07) is 0.0771. The monoisotopic (exact) mass is 260 g/mol. The first kappa shape index (κ1) is 12.2. The maximum Gasteiger partial charge on any atom is 0.244 e. The summed E-state index contributed by atoms with van der Waals surface area (Å²) >= 11 is 0. The van der Waals surface area contributed by atoms with Crippen LogP contribution in [0.2, 0.25) is 0 Å². The first-order valence-electron chi connectivity index (χ1n) is 5.33. The molecule has 2 heterocycles. The normalized spacial score (nSPS) is 42.5. The molecule has 0 spiro atoms. The summed E-state index contributed by atoms with van der Waals surface area (Å²) in [5.74, 6) is 5.53. The standard InChI is InChI=1S/C10H17N2O2PS/c1-6-7(3-4-13)5-16(2)10-8(11-15)9(14)12(6)10/h4,6-8,10-11H,2-3,5,15H2,1H3. The van der Waals surface area contributed by atoms with Crippen LogP contribution < -0.4 is 5.09 Å². The lowest BCUT2D eigenvalue weighted by Gasteiger charge is -2.56. The number of nitrogens with zero attached hydrogens (tertiary/aromatic N) is 1. The molecule has 2 rings (SSSR count). The van der Waals surface area contributed by atoms with Gasteiger partial charge in [0.1, 0.15) is 12.3 Å². The van der Waals surface area contributed by atoms with Crippen molar-refractivity contribution < 1.29 is 9.59 Å². The molecule has 2 aliphatic heterocycles. The third-order valence-electron chi connectivity index (χ3n) is 3.55. The SMILES string of the molecule is C=S1CC(CC=O)C(C)N2C(=O)C(NP)C21. The predicted octanol–water partition coefficient (Wildman–Crippen LogP) is 0.211. The summed E-state index contributed by atoms with van der Waals surface area (Å²) < 4.78 is 0. The zero-order valence-corrected chi connectivity index (χ0v) is 11.2. The van der Waals surface area contributed by atoms with Crippen LogP contribution in [0.5, 0.6) is 0 Å². The summed E-state index contributed by atoms with van der Waals surface area (Å²) in [6.07, 6.45) is 1.49. The molecule has 2 saturated heterocycles. The number of fused-ring (bicyclic) bond motifs is 1. The molecule has 2 fully saturated rings. The highest BCUT2D eigenvalue weighted by Crippen LogP contribution is 2.44. The number of rotatable bonds is 3. The fourth-order valence-electron chi connectivity index (χ4n) is 2.55. The van der Waals surface area contributed by atoms with Crippen molar-refractivity contribution in [1.82, 2.24) is 9.99 Å². The number of hydrogen-bond donors (Lipinski definition) is 1. The van der Waals surface area contributed by atoms with Gasteiger partial charge < -0.3 is 9.69 Å². The van der Waals surface area contributed by atoms with Crippen molar-refractivity contribution in [1.29, 1.82) is 0 Å². The van der Waals surface area contributed by atoms with E-state index in [9.17, 15) is 9.59 Å². The van der Waals surface area contributed by atoms with E-state index in [2.05, 4.69) is 20.3 Å². The van der Waals surface area contributed by atoms with E-state index in [1.165, 1.54) is 0 Å². The number of hydrogen-bond acceptors (Lipinski definition) is 3. The zero-order chi connectivity index (χ0) is 11.9.